The molecule has 1 unspecified atom stereocenters. The van der Waals surface area contributed by atoms with Crippen LogP contribution in [0.15, 0.2) is 84.9 Å². The van der Waals surface area contributed by atoms with Crippen LogP contribution in [0, 0.1) is 0 Å². The minimum Gasteiger partial charge on any atom is -0.489 e. The van der Waals surface area contributed by atoms with Gasteiger partial charge in [0.2, 0.25) is 0 Å². The molecule has 0 amide bonds. The number of hydrogen-bond donors (Lipinski definition) is 2. The number of benzene rings is 3. The molecule has 3 heteroatoms. The first kappa shape index (κ1) is 19.2. The Morgan fingerprint density at radius 3 is 2.22 bits per heavy atom. The van der Waals surface area contributed by atoms with Gasteiger partial charge in [-0.15, -0.1) is 0 Å². The molecule has 0 saturated heterocycles. The fraction of sp³-hybridized carbons (Fsp3) is 0.250. The van der Waals surface area contributed by atoms with Gasteiger partial charge >= 0.3 is 0 Å². The van der Waals surface area contributed by atoms with Crippen molar-refractivity contribution in [1.29, 1.82) is 0 Å². The lowest BCUT2D eigenvalue weighted by molar-refractivity contribution is 0.170. The zero-order chi connectivity index (χ0) is 18.9. The maximum absolute atomic E-state index is 10.3. The van der Waals surface area contributed by atoms with Gasteiger partial charge in [0.1, 0.15) is 12.4 Å². The Morgan fingerprint density at radius 1 is 0.852 bits per heavy atom. The van der Waals surface area contributed by atoms with Crippen LogP contribution in [0.3, 0.4) is 0 Å². The molecule has 0 spiro atoms. The third kappa shape index (κ3) is 5.95. The van der Waals surface area contributed by atoms with E-state index in [1.165, 1.54) is 5.56 Å². The van der Waals surface area contributed by atoms with Gasteiger partial charge in [-0.2, -0.15) is 0 Å². The van der Waals surface area contributed by atoms with E-state index in [0.717, 1.165) is 23.3 Å². The predicted molar refractivity (Wildman–Crippen MR) is 110 cm³/mol. The molecule has 0 aromatic heterocycles. The van der Waals surface area contributed by atoms with Crippen LogP contribution in [0.25, 0.3) is 0 Å². The Kier molecular flexibility index (Phi) is 7.03. The molecule has 2 atom stereocenters. The van der Waals surface area contributed by atoms with Crippen molar-refractivity contribution >= 4 is 0 Å². The summed E-state index contributed by atoms with van der Waals surface area (Å²) in [7, 11) is 0. The van der Waals surface area contributed by atoms with Gasteiger partial charge in [0, 0.05) is 12.6 Å². The molecule has 0 aliphatic carbocycles. The van der Waals surface area contributed by atoms with Gasteiger partial charge in [-0.3, -0.25) is 0 Å². The summed E-state index contributed by atoms with van der Waals surface area (Å²) in [5.74, 6) is 0.915. The summed E-state index contributed by atoms with van der Waals surface area (Å²) in [5.41, 5.74) is 3.26. The number of hydrogen-bond acceptors (Lipinski definition) is 3. The Balaban J connectivity index is 1.53. The maximum Gasteiger partial charge on any atom is 0.123 e. The lowest BCUT2D eigenvalue weighted by atomic mass is 10.0. The first-order chi connectivity index (χ1) is 13.2. The van der Waals surface area contributed by atoms with Crippen LogP contribution in [0.4, 0.5) is 0 Å². The van der Waals surface area contributed by atoms with E-state index in [9.17, 15) is 5.11 Å². The van der Waals surface area contributed by atoms with Crippen molar-refractivity contribution in [3.05, 3.63) is 102 Å². The van der Waals surface area contributed by atoms with Gasteiger partial charge in [0.25, 0.3) is 0 Å². The van der Waals surface area contributed by atoms with E-state index >= 15 is 0 Å². The van der Waals surface area contributed by atoms with E-state index in [4.69, 9.17) is 4.74 Å². The molecule has 3 aromatic rings. The summed E-state index contributed by atoms with van der Waals surface area (Å²) in [6.07, 6.45) is 0.338. The lowest BCUT2D eigenvalue weighted by Gasteiger charge is -2.19. The molecule has 0 saturated carbocycles. The molecule has 0 aliphatic heterocycles. The van der Waals surface area contributed by atoms with Gasteiger partial charge in [-0.1, -0.05) is 78.9 Å². The van der Waals surface area contributed by atoms with Crippen LogP contribution in [0.5, 0.6) is 5.75 Å². The van der Waals surface area contributed by atoms with Crippen molar-refractivity contribution in [2.45, 2.75) is 32.1 Å². The number of aliphatic hydroxyl groups is 1. The highest BCUT2D eigenvalue weighted by Gasteiger charge is 2.12. The maximum atomic E-state index is 10.3. The molecule has 0 aliphatic rings. The average molecular weight is 361 g/mol. The first-order valence-corrected chi connectivity index (χ1v) is 9.43. The largest absolute Gasteiger partial charge is 0.489 e. The van der Waals surface area contributed by atoms with Crippen molar-refractivity contribution in [3.63, 3.8) is 0 Å². The smallest absolute Gasteiger partial charge is 0.123 e. The summed E-state index contributed by atoms with van der Waals surface area (Å²) in [6, 6.07) is 28.3. The highest BCUT2D eigenvalue weighted by Crippen LogP contribution is 2.21. The number of ether oxygens (including phenoxy) is 1. The van der Waals surface area contributed by atoms with Crippen LogP contribution >= 0.6 is 0 Å². The Labute approximate surface area is 161 Å². The SMILES string of the molecule is CC(Cc1ccccc1OCc1ccccc1)NC[C@H](O)c1ccccc1. The summed E-state index contributed by atoms with van der Waals surface area (Å²) in [4.78, 5) is 0. The normalized spacial score (nSPS) is 13.1. The fourth-order valence-corrected chi connectivity index (χ4v) is 3.06. The quantitative estimate of drug-likeness (QED) is 0.589. The molecule has 3 rings (SSSR count). The number of nitrogens with one attached hydrogen (secondary N) is 1. The zero-order valence-corrected chi connectivity index (χ0v) is 15.7. The molecular weight excluding hydrogens is 334 g/mol. The molecule has 0 fully saturated rings. The third-order valence-electron chi connectivity index (χ3n) is 4.58. The van der Waals surface area contributed by atoms with Crippen LogP contribution in [-0.4, -0.2) is 17.7 Å². The highest BCUT2D eigenvalue weighted by molar-refractivity contribution is 5.34. The van der Waals surface area contributed by atoms with E-state index < -0.39 is 6.10 Å². The molecule has 3 nitrogen and oxygen atoms in total. The van der Waals surface area contributed by atoms with Crippen molar-refractivity contribution in [3.8, 4) is 5.75 Å². The Bertz CT molecular complexity index is 805. The van der Waals surface area contributed by atoms with Gasteiger partial charge in [0.05, 0.1) is 6.10 Å². The summed E-state index contributed by atoms with van der Waals surface area (Å²) < 4.78 is 6.04. The monoisotopic (exact) mass is 361 g/mol. The fourth-order valence-electron chi connectivity index (χ4n) is 3.06. The minimum atomic E-state index is -0.502. The minimum absolute atomic E-state index is 0.227. The van der Waals surface area contributed by atoms with E-state index in [1.54, 1.807) is 0 Å². The second-order valence-electron chi connectivity index (χ2n) is 6.82. The second-order valence-corrected chi connectivity index (χ2v) is 6.82. The highest BCUT2D eigenvalue weighted by atomic mass is 16.5. The van der Waals surface area contributed by atoms with Crippen LogP contribution in [0.2, 0.25) is 0 Å². The van der Waals surface area contributed by atoms with Crippen molar-refractivity contribution < 1.29 is 9.84 Å². The van der Waals surface area contributed by atoms with Crippen LogP contribution in [0.1, 0.15) is 29.7 Å². The van der Waals surface area contributed by atoms with Gasteiger partial charge in [0.15, 0.2) is 0 Å². The van der Waals surface area contributed by atoms with E-state index in [0.29, 0.717) is 13.2 Å². The predicted octanol–water partition coefficient (Wildman–Crippen LogP) is 4.52. The topological polar surface area (TPSA) is 41.5 Å². The zero-order valence-electron chi connectivity index (χ0n) is 15.7. The summed E-state index contributed by atoms with van der Waals surface area (Å²) in [6.45, 7) is 3.22. The molecule has 0 bridgehead atoms. The molecule has 140 valence electrons. The van der Waals surface area contributed by atoms with E-state index in [1.807, 2.05) is 66.7 Å². The summed E-state index contributed by atoms with van der Waals surface area (Å²) >= 11 is 0. The van der Waals surface area contributed by atoms with Crippen molar-refractivity contribution in [2.24, 2.45) is 0 Å². The Hall–Kier alpha value is -2.62. The summed E-state index contributed by atoms with van der Waals surface area (Å²) in [5, 5.41) is 13.7. The number of para-hydroxylation sites is 1. The van der Waals surface area contributed by atoms with Gasteiger partial charge in [-0.25, -0.2) is 0 Å². The Morgan fingerprint density at radius 2 is 1.48 bits per heavy atom. The van der Waals surface area contributed by atoms with E-state index in [-0.39, 0.29) is 6.04 Å². The molecule has 0 heterocycles. The second kappa shape index (κ2) is 9.91. The lowest BCUT2D eigenvalue weighted by Crippen LogP contribution is -2.32. The first-order valence-electron chi connectivity index (χ1n) is 9.43. The van der Waals surface area contributed by atoms with Crippen molar-refractivity contribution in [2.75, 3.05) is 6.54 Å². The molecule has 27 heavy (non-hydrogen) atoms. The average Bonchev–Trinajstić information content (AvgIpc) is 2.73. The van der Waals surface area contributed by atoms with Crippen LogP contribution in [-0.2, 0) is 13.0 Å². The molecular formula is C24H27NO2. The third-order valence-corrected chi connectivity index (χ3v) is 4.58. The molecule has 2 N–H and O–H groups in total. The van der Waals surface area contributed by atoms with Gasteiger partial charge in [-0.05, 0) is 36.1 Å². The van der Waals surface area contributed by atoms with E-state index in [2.05, 4.69) is 30.4 Å². The standard InChI is InChI=1S/C24H27NO2/c1-19(25-17-23(26)21-12-6-3-7-13-21)16-22-14-8-9-15-24(22)27-18-20-10-4-2-5-11-20/h2-15,19,23,25-26H,16-18H2,1H3/t19?,23-/m0/s1. The van der Waals surface area contributed by atoms with Crippen molar-refractivity contribution in [1.82, 2.24) is 5.32 Å². The number of aliphatic hydroxyl groups excluding tert-OH is 1. The van der Waals surface area contributed by atoms with Gasteiger partial charge < -0.3 is 15.2 Å². The molecule has 3 aromatic carbocycles. The molecule has 0 radical (unpaired) electrons. The number of rotatable bonds is 9. The van der Waals surface area contributed by atoms with Crippen LogP contribution < -0.4 is 10.1 Å².